The summed E-state index contributed by atoms with van der Waals surface area (Å²) in [5.41, 5.74) is 1.85. The average molecular weight is 313 g/mol. The quantitative estimate of drug-likeness (QED) is 0.786. The van der Waals surface area contributed by atoms with Crippen LogP contribution in [-0.4, -0.2) is 22.6 Å². The first-order chi connectivity index (χ1) is 10.8. The molecule has 0 radical (unpaired) electrons. The van der Waals surface area contributed by atoms with Crippen molar-refractivity contribution in [3.05, 3.63) is 58.2 Å². The van der Waals surface area contributed by atoms with Gasteiger partial charge in [0.1, 0.15) is 17.0 Å². The fourth-order valence-electron chi connectivity index (χ4n) is 2.19. The summed E-state index contributed by atoms with van der Waals surface area (Å²) in [6.45, 7) is 2.33. The Balaban J connectivity index is 1.73. The fraction of sp³-hybridized carbons (Fsp3) is 0.188. The van der Waals surface area contributed by atoms with E-state index in [-0.39, 0.29) is 5.91 Å². The number of amides is 1. The molecule has 5 nitrogen and oxygen atoms in total. The SMILES string of the molecule is Cc1onc(-c2ccncc2)c1C(=O)NCCc1cccs1. The number of carbonyl (C=O) groups is 1. The molecule has 0 aromatic carbocycles. The smallest absolute Gasteiger partial charge is 0.257 e. The van der Waals surface area contributed by atoms with Crippen LogP contribution >= 0.6 is 11.3 Å². The molecule has 0 saturated heterocycles. The van der Waals surface area contributed by atoms with E-state index in [1.54, 1.807) is 42.8 Å². The number of aryl methyl sites for hydroxylation is 1. The predicted octanol–water partition coefficient (Wildman–Crippen LogP) is 3.08. The van der Waals surface area contributed by atoms with Gasteiger partial charge in [-0.15, -0.1) is 11.3 Å². The van der Waals surface area contributed by atoms with Crippen LogP contribution in [0.5, 0.6) is 0 Å². The highest BCUT2D eigenvalue weighted by atomic mass is 32.1. The van der Waals surface area contributed by atoms with Crippen LogP contribution in [0.4, 0.5) is 0 Å². The van der Waals surface area contributed by atoms with Crippen molar-refractivity contribution < 1.29 is 9.32 Å². The zero-order chi connectivity index (χ0) is 15.4. The van der Waals surface area contributed by atoms with E-state index >= 15 is 0 Å². The van der Waals surface area contributed by atoms with E-state index < -0.39 is 0 Å². The number of nitrogens with one attached hydrogen (secondary N) is 1. The summed E-state index contributed by atoms with van der Waals surface area (Å²) in [4.78, 5) is 17.6. The Hall–Kier alpha value is -2.47. The Labute approximate surface area is 132 Å². The van der Waals surface area contributed by atoms with Crippen LogP contribution < -0.4 is 5.32 Å². The minimum absolute atomic E-state index is 0.165. The number of pyridine rings is 1. The van der Waals surface area contributed by atoms with Gasteiger partial charge in [0.2, 0.25) is 0 Å². The summed E-state index contributed by atoms with van der Waals surface area (Å²) in [7, 11) is 0. The van der Waals surface area contributed by atoms with Crippen molar-refractivity contribution in [1.82, 2.24) is 15.5 Å². The highest BCUT2D eigenvalue weighted by Crippen LogP contribution is 2.24. The second kappa shape index (κ2) is 6.53. The normalized spacial score (nSPS) is 10.6. The van der Waals surface area contributed by atoms with Crippen LogP contribution in [-0.2, 0) is 6.42 Å². The first-order valence-electron chi connectivity index (χ1n) is 6.93. The van der Waals surface area contributed by atoms with Gasteiger partial charge in [0.25, 0.3) is 5.91 Å². The summed E-state index contributed by atoms with van der Waals surface area (Å²) in [6.07, 6.45) is 4.15. The molecule has 112 valence electrons. The monoisotopic (exact) mass is 313 g/mol. The van der Waals surface area contributed by atoms with E-state index in [4.69, 9.17) is 4.52 Å². The van der Waals surface area contributed by atoms with Gasteiger partial charge in [-0.05, 0) is 36.9 Å². The van der Waals surface area contributed by atoms with E-state index in [2.05, 4.69) is 21.5 Å². The van der Waals surface area contributed by atoms with Gasteiger partial charge in [-0.25, -0.2) is 0 Å². The zero-order valence-electron chi connectivity index (χ0n) is 12.1. The molecule has 0 saturated carbocycles. The van der Waals surface area contributed by atoms with E-state index in [0.29, 0.717) is 23.6 Å². The number of thiophene rings is 1. The van der Waals surface area contributed by atoms with Crippen LogP contribution in [0.25, 0.3) is 11.3 Å². The van der Waals surface area contributed by atoms with Crippen LogP contribution in [0.15, 0.2) is 46.6 Å². The minimum Gasteiger partial charge on any atom is -0.360 e. The van der Waals surface area contributed by atoms with Crippen LogP contribution in [0, 0.1) is 6.92 Å². The molecule has 0 unspecified atom stereocenters. The van der Waals surface area contributed by atoms with Crippen LogP contribution in [0.3, 0.4) is 0 Å². The minimum atomic E-state index is -0.165. The van der Waals surface area contributed by atoms with Crippen molar-refractivity contribution in [2.24, 2.45) is 0 Å². The molecule has 0 bridgehead atoms. The molecule has 3 rings (SSSR count). The third-order valence-electron chi connectivity index (χ3n) is 3.28. The third-order valence-corrected chi connectivity index (χ3v) is 4.22. The molecule has 1 N–H and O–H groups in total. The van der Waals surface area contributed by atoms with Crippen molar-refractivity contribution >= 4 is 17.2 Å². The second-order valence-electron chi connectivity index (χ2n) is 4.78. The highest BCUT2D eigenvalue weighted by molar-refractivity contribution is 7.09. The van der Waals surface area contributed by atoms with E-state index in [1.807, 2.05) is 11.4 Å². The molecule has 22 heavy (non-hydrogen) atoms. The number of carbonyl (C=O) groups excluding carboxylic acids is 1. The second-order valence-corrected chi connectivity index (χ2v) is 5.82. The van der Waals surface area contributed by atoms with Gasteiger partial charge in [-0.1, -0.05) is 11.2 Å². The molecule has 0 fully saturated rings. The van der Waals surface area contributed by atoms with Crippen molar-refractivity contribution in [3.8, 4) is 11.3 Å². The lowest BCUT2D eigenvalue weighted by molar-refractivity contribution is 0.0953. The Kier molecular flexibility index (Phi) is 4.29. The maximum Gasteiger partial charge on any atom is 0.257 e. The molecule has 6 heteroatoms. The average Bonchev–Trinajstić information content (AvgIpc) is 3.17. The van der Waals surface area contributed by atoms with E-state index in [1.165, 1.54) is 4.88 Å². The van der Waals surface area contributed by atoms with Gasteiger partial charge in [-0.2, -0.15) is 0 Å². The van der Waals surface area contributed by atoms with Crippen LogP contribution in [0.2, 0.25) is 0 Å². The lowest BCUT2D eigenvalue weighted by Crippen LogP contribution is -2.26. The zero-order valence-corrected chi connectivity index (χ0v) is 12.9. The molecule has 3 aromatic heterocycles. The number of rotatable bonds is 5. The molecule has 0 aliphatic rings. The molecular formula is C16H15N3O2S. The topological polar surface area (TPSA) is 68.0 Å². The standard InChI is InChI=1S/C16H15N3O2S/c1-11-14(15(19-21-11)12-4-7-17-8-5-12)16(20)18-9-6-13-3-2-10-22-13/h2-5,7-8,10H,6,9H2,1H3,(H,18,20). The Morgan fingerprint density at radius 2 is 2.14 bits per heavy atom. The molecule has 0 aliphatic carbocycles. The molecular weight excluding hydrogens is 298 g/mol. The molecule has 3 aromatic rings. The predicted molar refractivity (Wildman–Crippen MR) is 84.8 cm³/mol. The van der Waals surface area contributed by atoms with Gasteiger partial charge in [0, 0.05) is 29.4 Å². The van der Waals surface area contributed by atoms with Crippen molar-refractivity contribution in [1.29, 1.82) is 0 Å². The fourth-order valence-corrected chi connectivity index (χ4v) is 2.90. The van der Waals surface area contributed by atoms with Crippen molar-refractivity contribution in [3.63, 3.8) is 0 Å². The first kappa shape index (κ1) is 14.5. The summed E-state index contributed by atoms with van der Waals surface area (Å²) >= 11 is 1.69. The van der Waals surface area contributed by atoms with Gasteiger partial charge in [0.15, 0.2) is 0 Å². The number of hydrogen-bond acceptors (Lipinski definition) is 5. The first-order valence-corrected chi connectivity index (χ1v) is 7.81. The lowest BCUT2D eigenvalue weighted by Gasteiger charge is -2.05. The third kappa shape index (κ3) is 3.07. The maximum absolute atomic E-state index is 12.4. The van der Waals surface area contributed by atoms with E-state index in [9.17, 15) is 4.79 Å². The van der Waals surface area contributed by atoms with Gasteiger partial charge in [0.05, 0.1) is 0 Å². The number of nitrogens with zero attached hydrogens (tertiary/aromatic N) is 2. The Morgan fingerprint density at radius 1 is 1.32 bits per heavy atom. The largest absolute Gasteiger partial charge is 0.360 e. The molecule has 1 amide bonds. The summed E-state index contributed by atoms with van der Waals surface area (Å²) in [6, 6.07) is 7.68. The van der Waals surface area contributed by atoms with Gasteiger partial charge in [-0.3, -0.25) is 9.78 Å². The van der Waals surface area contributed by atoms with Crippen LogP contribution in [0.1, 0.15) is 21.0 Å². The summed E-state index contributed by atoms with van der Waals surface area (Å²) < 4.78 is 5.19. The van der Waals surface area contributed by atoms with Gasteiger partial charge < -0.3 is 9.84 Å². The number of aromatic nitrogens is 2. The molecule has 0 aliphatic heterocycles. The van der Waals surface area contributed by atoms with E-state index in [0.717, 1.165) is 12.0 Å². The summed E-state index contributed by atoms with van der Waals surface area (Å²) in [5, 5.41) is 8.96. The lowest BCUT2D eigenvalue weighted by atomic mass is 10.1. The van der Waals surface area contributed by atoms with Crippen molar-refractivity contribution in [2.45, 2.75) is 13.3 Å². The highest BCUT2D eigenvalue weighted by Gasteiger charge is 2.21. The molecule has 3 heterocycles. The molecule has 0 spiro atoms. The Morgan fingerprint density at radius 3 is 2.86 bits per heavy atom. The Bertz CT molecular complexity index is 751. The van der Waals surface area contributed by atoms with Gasteiger partial charge >= 0.3 is 0 Å². The molecule has 0 atom stereocenters. The van der Waals surface area contributed by atoms with Crippen molar-refractivity contribution in [2.75, 3.05) is 6.54 Å². The number of hydrogen-bond donors (Lipinski definition) is 1. The summed E-state index contributed by atoms with van der Waals surface area (Å²) in [5.74, 6) is 0.350. The maximum atomic E-state index is 12.4.